The van der Waals surface area contributed by atoms with E-state index in [1.54, 1.807) is 7.05 Å². The second-order valence-corrected chi connectivity index (χ2v) is 6.44. The molecule has 1 N–H and O–H groups in total. The van der Waals surface area contributed by atoms with Gasteiger partial charge in [-0.25, -0.2) is 5.01 Å². The van der Waals surface area contributed by atoms with Crippen LogP contribution in [0, 0.1) is 13.8 Å². The van der Waals surface area contributed by atoms with E-state index in [2.05, 4.69) is 27.6 Å². The standard InChI is InChI=1S/C19H23N5O2/c1-13-16(11-20-19(26)17-9-10-18(25)23(3)22-17)14(2)24(21-13)12-15-7-5-4-6-8-15/h4-8H,9-12H2,1-3H3,(H,20,26). The van der Waals surface area contributed by atoms with E-state index in [-0.39, 0.29) is 11.8 Å². The molecule has 2 heterocycles. The number of aryl methyl sites for hydroxylation is 1. The van der Waals surface area contributed by atoms with Crippen molar-refractivity contribution in [1.29, 1.82) is 0 Å². The number of hydrazone groups is 1. The molecule has 1 aromatic carbocycles. The van der Waals surface area contributed by atoms with E-state index >= 15 is 0 Å². The number of nitrogens with zero attached hydrogens (tertiary/aromatic N) is 4. The molecule has 0 fully saturated rings. The summed E-state index contributed by atoms with van der Waals surface area (Å²) in [6, 6.07) is 10.1. The van der Waals surface area contributed by atoms with Crippen molar-refractivity contribution in [3.8, 4) is 0 Å². The Morgan fingerprint density at radius 2 is 1.92 bits per heavy atom. The van der Waals surface area contributed by atoms with Crippen LogP contribution in [-0.4, -0.2) is 39.4 Å². The monoisotopic (exact) mass is 353 g/mol. The Kier molecular flexibility index (Phi) is 5.16. The second kappa shape index (κ2) is 7.51. The summed E-state index contributed by atoms with van der Waals surface area (Å²) in [4.78, 5) is 23.8. The third-order valence-corrected chi connectivity index (χ3v) is 4.60. The number of carbonyl (C=O) groups is 2. The Hall–Kier alpha value is -2.96. The average Bonchev–Trinajstić information content (AvgIpc) is 2.89. The molecule has 0 spiro atoms. The van der Waals surface area contributed by atoms with Gasteiger partial charge in [0.25, 0.3) is 5.91 Å². The summed E-state index contributed by atoms with van der Waals surface area (Å²) in [5, 5.41) is 12.8. The maximum Gasteiger partial charge on any atom is 0.267 e. The van der Waals surface area contributed by atoms with Crippen LogP contribution in [0.25, 0.3) is 0 Å². The van der Waals surface area contributed by atoms with Crippen LogP contribution in [0.15, 0.2) is 35.4 Å². The van der Waals surface area contributed by atoms with E-state index in [9.17, 15) is 9.59 Å². The second-order valence-electron chi connectivity index (χ2n) is 6.44. The van der Waals surface area contributed by atoms with Gasteiger partial charge in [0.1, 0.15) is 5.71 Å². The fourth-order valence-electron chi connectivity index (χ4n) is 3.00. The molecule has 2 aromatic rings. The predicted octanol–water partition coefficient (Wildman–Crippen LogP) is 1.77. The maximum atomic E-state index is 12.3. The number of aromatic nitrogens is 2. The lowest BCUT2D eigenvalue weighted by atomic mass is 10.1. The Labute approximate surface area is 152 Å². The van der Waals surface area contributed by atoms with Gasteiger partial charge in [-0.2, -0.15) is 10.2 Å². The third-order valence-electron chi connectivity index (χ3n) is 4.60. The van der Waals surface area contributed by atoms with Crippen molar-refractivity contribution < 1.29 is 9.59 Å². The molecule has 2 amide bonds. The molecule has 1 aliphatic heterocycles. The Bertz CT molecular complexity index is 854. The highest BCUT2D eigenvalue weighted by atomic mass is 16.2. The van der Waals surface area contributed by atoms with Crippen molar-refractivity contribution in [3.63, 3.8) is 0 Å². The molecule has 1 aliphatic rings. The fourth-order valence-corrected chi connectivity index (χ4v) is 3.00. The number of amides is 2. The molecule has 0 saturated heterocycles. The Morgan fingerprint density at radius 1 is 1.19 bits per heavy atom. The van der Waals surface area contributed by atoms with Crippen molar-refractivity contribution >= 4 is 17.5 Å². The molecule has 0 saturated carbocycles. The van der Waals surface area contributed by atoms with Crippen molar-refractivity contribution in [2.45, 2.75) is 39.8 Å². The average molecular weight is 353 g/mol. The van der Waals surface area contributed by atoms with Gasteiger partial charge in [0.05, 0.1) is 12.2 Å². The normalized spacial score (nSPS) is 14.3. The smallest absolute Gasteiger partial charge is 0.267 e. The van der Waals surface area contributed by atoms with Gasteiger partial charge in [-0.1, -0.05) is 30.3 Å². The van der Waals surface area contributed by atoms with Gasteiger partial charge in [-0.05, 0) is 19.4 Å². The van der Waals surface area contributed by atoms with Crippen LogP contribution in [0.5, 0.6) is 0 Å². The van der Waals surface area contributed by atoms with E-state index in [4.69, 9.17) is 0 Å². The van der Waals surface area contributed by atoms with Gasteiger partial charge in [-0.15, -0.1) is 0 Å². The van der Waals surface area contributed by atoms with Gasteiger partial charge in [-0.3, -0.25) is 14.3 Å². The number of hydrogen-bond donors (Lipinski definition) is 1. The van der Waals surface area contributed by atoms with Crippen LogP contribution >= 0.6 is 0 Å². The summed E-state index contributed by atoms with van der Waals surface area (Å²) < 4.78 is 1.96. The van der Waals surface area contributed by atoms with Crippen LogP contribution in [0.1, 0.15) is 35.4 Å². The molecule has 7 heteroatoms. The van der Waals surface area contributed by atoms with E-state index in [1.165, 1.54) is 10.6 Å². The summed E-state index contributed by atoms with van der Waals surface area (Å²) in [5.41, 5.74) is 4.51. The Morgan fingerprint density at radius 3 is 2.62 bits per heavy atom. The highest BCUT2D eigenvalue weighted by Crippen LogP contribution is 2.15. The zero-order chi connectivity index (χ0) is 18.7. The van der Waals surface area contributed by atoms with Crippen LogP contribution < -0.4 is 5.32 Å². The van der Waals surface area contributed by atoms with Crippen LogP contribution in [0.3, 0.4) is 0 Å². The molecule has 7 nitrogen and oxygen atoms in total. The summed E-state index contributed by atoms with van der Waals surface area (Å²) in [6.45, 7) is 5.04. The molecule has 26 heavy (non-hydrogen) atoms. The summed E-state index contributed by atoms with van der Waals surface area (Å²) in [6.07, 6.45) is 0.691. The van der Waals surface area contributed by atoms with Crippen LogP contribution in [0.4, 0.5) is 0 Å². The minimum absolute atomic E-state index is 0.0737. The predicted molar refractivity (Wildman–Crippen MR) is 98.5 cm³/mol. The first-order chi connectivity index (χ1) is 12.5. The molecule has 0 atom stereocenters. The number of benzene rings is 1. The number of hydrogen-bond acceptors (Lipinski definition) is 4. The van der Waals surface area contributed by atoms with Crippen molar-refractivity contribution in [2.24, 2.45) is 5.10 Å². The van der Waals surface area contributed by atoms with E-state index < -0.39 is 0 Å². The van der Waals surface area contributed by atoms with E-state index in [1.807, 2.05) is 36.7 Å². The third kappa shape index (κ3) is 3.82. The van der Waals surface area contributed by atoms with E-state index in [0.717, 1.165) is 17.0 Å². The van der Waals surface area contributed by atoms with Crippen molar-refractivity contribution in [2.75, 3.05) is 7.05 Å². The molecule has 0 unspecified atom stereocenters. The maximum absolute atomic E-state index is 12.3. The molecule has 136 valence electrons. The lowest BCUT2D eigenvalue weighted by Crippen LogP contribution is -2.37. The minimum atomic E-state index is -0.237. The number of rotatable bonds is 5. The highest BCUT2D eigenvalue weighted by molar-refractivity contribution is 6.39. The first-order valence-corrected chi connectivity index (χ1v) is 8.64. The molecular weight excluding hydrogens is 330 g/mol. The molecule has 0 aliphatic carbocycles. The van der Waals surface area contributed by atoms with Gasteiger partial charge < -0.3 is 5.32 Å². The van der Waals surface area contributed by atoms with Crippen molar-refractivity contribution in [3.05, 3.63) is 52.8 Å². The molecule has 3 rings (SSSR count). The highest BCUT2D eigenvalue weighted by Gasteiger charge is 2.22. The minimum Gasteiger partial charge on any atom is -0.347 e. The van der Waals surface area contributed by atoms with Crippen LogP contribution in [-0.2, 0) is 22.7 Å². The van der Waals surface area contributed by atoms with Gasteiger partial charge in [0.15, 0.2) is 0 Å². The first kappa shape index (κ1) is 17.8. The van der Waals surface area contributed by atoms with Gasteiger partial charge in [0, 0.05) is 37.7 Å². The quantitative estimate of drug-likeness (QED) is 0.890. The number of nitrogens with one attached hydrogen (secondary N) is 1. The first-order valence-electron chi connectivity index (χ1n) is 8.64. The largest absolute Gasteiger partial charge is 0.347 e. The zero-order valence-corrected chi connectivity index (χ0v) is 15.3. The van der Waals surface area contributed by atoms with E-state index in [0.29, 0.717) is 31.6 Å². The van der Waals surface area contributed by atoms with Gasteiger partial charge >= 0.3 is 0 Å². The SMILES string of the molecule is Cc1nn(Cc2ccccc2)c(C)c1CNC(=O)C1=NN(C)C(=O)CC1. The Balaban J connectivity index is 1.68. The molecule has 0 radical (unpaired) electrons. The lowest BCUT2D eigenvalue weighted by Gasteiger charge is -2.18. The topological polar surface area (TPSA) is 79.6 Å². The molecule has 0 bridgehead atoms. The summed E-state index contributed by atoms with van der Waals surface area (Å²) in [7, 11) is 1.57. The van der Waals surface area contributed by atoms with Crippen molar-refractivity contribution in [1.82, 2.24) is 20.1 Å². The lowest BCUT2D eigenvalue weighted by molar-refractivity contribution is -0.130. The van der Waals surface area contributed by atoms with Gasteiger partial charge in [0.2, 0.25) is 5.91 Å². The fraction of sp³-hybridized carbons (Fsp3) is 0.368. The summed E-state index contributed by atoms with van der Waals surface area (Å²) >= 11 is 0. The number of carbonyl (C=O) groups excluding carboxylic acids is 2. The molecular formula is C19H23N5O2. The zero-order valence-electron chi connectivity index (χ0n) is 15.3. The summed E-state index contributed by atoms with van der Waals surface area (Å²) in [5.74, 6) is -0.311. The van der Waals surface area contributed by atoms with Crippen LogP contribution in [0.2, 0.25) is 0 Å². The molecule has 1 aromatic heterocycles.